The molecule has 0 heterocycles. The summed E-state index contributed by atoms with van der Waals surface area (Å²) in [5, 5.41) is 3.15. The molecule has 1 N–H and O–H groups in total. The van der Waals surface area contributed by atoms with Gasteiger partial charge in [0.15, 0.2) is 11.6 Å². The van der Waals surface area contributed by atoms with Crippen LogP contribution < -0.4 is 5.32 Å². The summed E-state index contributed by atoms with van der Waals surface area (Å²) in [5.74, 6) is -1.65. The third-order valence-corrected chi connectivity index (χ3v) is 3.56. The molecule has 6 heteroatoms. The van der Waals surface area contributed by atoms with Crippen LogP contribution in [0.2, 0.25) is 0 Å². The Kier molecular flexibility index (Phi) is 7.80. The monoisotopic (exact) mass is 311 g/mol. The van der Waals surface area contributed by atoms with Gasteiger partial charge >= 0.3 is 5.97 Å². The molecule has 1 saturated carbocycles. The van der Waals surface area contributed by atoms with Crippen molar-refractivity contribution >= 4 is 17.5 Å². The Morgan fingerprint density at radius 1 is 1.23 bits per heavy atom. The van der Waals surface area contributed by atoms with Gasteiger partial charge in [0.2, 0.25) is 0 Å². The van der Waals surface area contributed by atoms with Gasteiger partial charge in [-0.05, 0) is 19.8 Å². The second-order valence-electron chi connectivity index (χ2n) is 5.18. The third kappa shape index (κ3) is 4.94. The van der Waals surface area contributed by atoms with Crippen LogP contribution in [0.15, 0.2) is 11.3 Å². The van der Waals surface area contributed by atoms with Crippen molar-refractivity contribution in [1.82, 2.24) is 5.32 Å². The van der Waals surface area contributed by atoms with E-state index in [1.54, 1.807) is 14.0 Å². The Hall–Kier alpha value is -1.69. The van der Waals surface area contributed by atoms with Gasteiger partial charge in [-0.25, -0.2) is 0 Å². The van der Waals surface area contributed by atoms with E-state index in [1.807, 2.05) is 6.92 Å². The topological polar surface area (TPSA) is 81.7 Å². The standard InChI is InChI=1S/C16H25NO5/c1-4-12(17-7-6-8-21-3)15-13(18)9-11(10-14(15)19)16(20)22-5-2/h11,17H,4-10H2,1-3H3. The van der Waals surface area contributed by atoms with Gasteiger partial charge in [-0.15, -0.1) is 0 Å². The third-order valence-electron chi connectivity index (χ3n) is 3.56. The molecule has 22 heavy (non-hydrogen) atoms. The van der Waals surface area contributed by atoms with Crippen LogP contribution in [0.4, 0.5) is 0 Å². The molecule has 1 aliphatic rings. The van der Waals surface area contributed by atoms with Crippen molar-refractivity contribution in [3.05, 3.63) is 11.3 Å². The summed E-state index contributed by atoms with van der Waals surface area (Å²) < 4.78 is 9.87. The van der Waals surface area contributed by atoms with Crippen molar-refractivity contribution in [3.63, 3.8) is 0 Å². The van der Waals surface area contributed by atoms with Crippen molar-refractivity contribution in [2.75, 3.05) is 26.9 Å². The van der Waals surface area contributed by atoms with Crippen LogP contribution in [0.3, 0.4) is 0 Å². The Morgan fingerprint density at radius 3 is 2.36 bits per heavy atom. The fraction of sp³-hybridized carbons (Fsp3) is 0.688. The number of ether oxygens (including phenoxy) is 2. The number of hydrogen-bond donors (Lipinski definition) is 1. The largest absolute Gasteiger partial charge is 0.466 e. The molecule has 0 bridgehead atoms. The van der Waals surface area contributed by atoms with E-state index in [1.165, 1.54) is 0 Å². The van der Waals surface area contributed by atoms with Crippen molar-refractivity contribution in [3.8, 4) is 0 Å². The van der Waals surface area contributed by atoms with Gasteiger partial charge in [0.05, 0.1) is 18.1 Å². The molecule has 0 saturated heterocycles. The molecule has 0 aromatic rings. The van der Waals surface area contributed by atoms with Gasteiger partial charge in [0, 0.05) is 38.8 Å². The lowest BCUT2D eigenvalue weighted by molar-refractivity contribution is -0.151. The maximum atomic E-state index is 12.3. The summed E-state index contributed by atoms with van der Waals surface area (Å²) in [6, 6.07) is 0. The molecule has 0 aromatic carbocycles. The fourth-order valence-corrected chi connectivity index (χ4v) is 2.49. The zero-order valence-corrected chi connectivity index (χ0v) is 13.6. The number of carbonyl (C=O) groups excluding carboxylic acids is 3. The summed E-state index contributed by atoms with van der Waals surface area (Å²) in [6.07, 6.45) is 1.46. The number of nitrogens with one attached hydrogen (secondary N) is 1. The number of ketones is 2. The highest BCUT2D eigenvalue weighted by Gasteiger charge is 2.36. The summed E-state index contributed by atoms with van der Waals surface area (Å²) in [7, 11) is 1.63. The van der Waals surface area contributed by atoms with Crippen LogP contribution in [0.1, 0.15) is 39.5 Å². The molecule has 6 nitrogen and oxygen atoms in total. The SMILES string of the molecule is CCOC(=O)C1CC(=O)C(=C(CC)NCCCOC)C(=O)C1. The smallest absolute Gasteiger partial charge is 0.309 e. The fourth-order valence-electron chi connectivity index (χ4n) is 2.49. The molecule has 0 radical (unpaired) electrons. The lowest BCUT2D eigenvalue weighted by Crippen LogP contribution is -2.34. The van der Waals surface area contributed by atoms with E-state index in [4.69, 9.17) is 9.47 Å². The summed E-state index contributed by atoms with van der Waals surface area (Å²) >= 11 is 0. The highest BCUT2D eigenvalue weighted by atomic mass is 16.5. The number of rotatable bonds is 8. The quantitative estimate of drug-likeness (QED) is 0.316. The van der Waals surface area contributed by atoms with Gasteiger partial charge in [0.1, 0.15) is 0 Å². The molecule has 0 aliphatic heterocycles. The van der Waals surface area contributed by atoms with Gasteiger partial charge in [0.25, 0.3) is 0 Å². The van der Waals surface area contributed by atoms with Crippen LogP contribution >= 0.6 is 0 Å². The number of carbonyl (C=O) groups is 3. The van der Waals surface area contributed by atoms with Crippen molar-refractivity contribution in [1.29, 1.82) is 0 Å². The lowest BCUT2D eigenvalue weighted by Gasteiger charge is -2.23. The maximum absolute atomic E-state index is 12.3. The predicted molar refractivity (Wildman–Crippen MR) is 81.2 cm³/mol. The first-order valence-electron chi connectivity index (χ1n) is 7.74. The van der Waals surface area contributed by atoms with E-state index in [2.05, 4.69) is 5.32 Å². The molecule has 0 unspecified atom stereocenters. The van der Waals surface area contributed by atoms with Crippen molar-refractivity contribution < 1.29 is 23.9 Å². The Bertz CT molecular complexity index is 435. The van der Waals surface area contributed by atoms with E-state index in [9.17, 15) is 14.4 Å². The van der Waals surface area contributed by atoms with Crippen LogP contribution in [0.25, 0.3) is 0 Å². The molecular weight excluding hydrogens is 286 g/mol. The minimum Gasteiger partial charge on any atom is -0.466 e. The maximum Gasteiger partial charge on any atom is 0.309 e. The Morgan fingerprint density at radius 2 is 1.86 bits per heavy atom. The lowest BCUT2D eigenvalue weighted by atomic mass is 9.82. The summed E-state index contributed by atoms with van der Waals surface area (Å²) in [4.78, 5) is 36.2. The van der Waals surface area contributed by atoms with Crippen molar-refractivity contribution in [2.24, 2.45) is 5.92 Å². The molecule has 1 rings (SSSR count). The summed E-state index contributed by atoms with van der Waals surface area (Å²) in [5.41, 5.74) is 0.883. The number of hydrogen-bond acceptors (Lipinski definition) is 6. The Balaban J connectivity index is 2.77. The zero-order valence-electron chi connectivity index (χ0n) is 13.6. The molecular formula is C16H25NO5. The first-order chi connectivity index (χ1) is 10.5. The number of allylic oxidation sites excluding steroid dienone is 2. The average molecular weight is 311 g/mol. The molecule has 0 aromatic heterocycles. The number of methoxy groups -OCH3 is 1. The normalized spacial score (nSPS) is 18.3. The van der Waals surface area contributed by atoms with E-state index in [0.717, 1.165) is 6.42 Å². The van der Waals surface area contributed by atoms with Crippen LogP contribution in [0.5, 0.6) is 0 Å². The highest BCUT2D eigenvalue weighted by Crippen LogP contribution is 2.26. The van der Waals surface area contributed by atoms with Gasteiger partial charge in [-0.3, -0.25) is 14.4 Å². The molecule has 0 spiro atoms. The van der Waals surface area contributed by atoms with E-state index >= 15 is 0 Å². The Labute approximate surface area is 131 Å². The van der Waals surface area contributed by atoms with Gasteiger partial charge in [-0.1, -0.05) is 6.92 Å². The minimum atomic E-state index is -0.643. The molecule has 1 aliphatic carbocycles. The van der Waals surface area contributed by atoms with Gasteiger partial charge < -0.3 is 14.8 Å². The highest BCUT2D eigenvalue weighted by molar-refractivity contribution is 6.23. The van der Waals surface area contributed by atoms with Crippen LogP contribution in [-0.4, -0.2) is 44.4 Å². The van der Waals surface area contributed by atoms with E-state index in [-0.39, 0.29) is 36.6 Å². The zero-order chi connectivity index (χ0) is 16.5. The van der Waals surface area contributed by atoms with Gasteiger partial charge in [-0.2, -0.15) is 0 Å². The molecule has 0 atom stereocenters. The average Bonchev–Trinajstić information content (AvgIpc) is 2.49. The molecule has 1 fully saturated rings. The molecule has 124 valence electrons. The van der Waals surface area contributed by atoms with Crippen LogP contribution in [-0.2, 0) is 23.9 Å². The first-order valence-corrected chi connectivity index (χ1v) is 7.74. The van der Waals surface area contributed by atoms with E-state index in [0.29, 0.717) is 25.3 Å². The molecule has 0 amide bonds. The van der Waals surface area contributed by atoms with Crippen molar-refractivity contribution in [2.45, 2.75) is 39.5 Å². The first kappa shape index (κ1) is 18.4. The van der Waals surface area contributed by atoms with Crippen LogP contribution in [0, 0.1) is 5.92 Å². The number of Topliss-reactive ketones (excluding diaryl/α,β-unsaturated/α-hetero) is 2. The number of esters is 1. The van der Waals surface area contributed by atoms with E-state index < -0.39 is 11.9 Å². The minimum absolute atomic E-state index is 0.0448. The summed E-state index contributed by atoms with van der Waals surface area (Å²) in [6.45, 7) is 5.11. The predicted octanol–water partition coefficient (Wildman–Crippen LogP) is 1.39. The second-order valence-corrected chi connectivity index (χ2v) is 5.18. The second kappa shape index (κ2) is 9.35.